The average molecular weight is 215 g/mol. The van der Waals surface area contributed by atoms with E-state index in [0.29, 0.717) is 6.07 Å². The molecule has 0 unspecified atom stereocenters. The van der Waals surface area contributed by atoms with E-state index in [9.17, 15) is 14.3 Å². The first kappa shape index (κ1) is 11.4. The predicted octanol–water partition coefficient (Wildman–Crippen LogP) is 0.222. The molecule has 0 aliphatic heterocycles. The Kier molecular flexibility index (Phi) is 3.23. The molecule has 5 nitrogen and oxygen atoms in total. The molecule has 1 aromatic carbocycles. The van der Waals surface area contributed by atoms with Gasteiger partial charge in [-0.05, 0) is 12.1 Å². The highest BCUT2D eigenvalue weighted by Crippen LogP contribution is 2.28. The molecule has 0 aliphatic carbocycles. The Morgan fingerprint density at radius 3 is 2.60 bits per heavy atom. The van der Waals surface area contributed by atoms with Gasteiger partial charge in [0.15, 0.2) is 0 Å². The second-order valence-corrected chi connectivity index (χ2v) is 2.99. The molecule has 0 aromatic heterocycles. The molecule has 0 amide bonds. The SMILES string of the molecule is N[C@@H](CO)c1cc(F)cc(C(=O)O)c1O. The van der Waals surface area contributed by atoms with E-state index in [-0.39, 0.29) is 5.56 Å². The number of rotatable bonds is 3. The molecule has 0 radical (unpaired) electrons. The van der Waals surface area contributed by atoms with Crippen LogP contribution in [0.25, 0.3) is 0 Å². The van der Waals surface area contributed by atoms with Crippen molar-refractivity contribution < 1.29 is 24.5 Å². The average Bonchev–Trinajstić information content (AvgIpc) is 2.19. The van der Waals surface area contributed by atoms with Crippen LogP contribution in [0.1, 0.15) is 22.0 Å². The fourth-order valence-corrected chi connectivity index (χ4v) is 1.16. The summed E-state index contributed by atoms with van der Waals surface area (Å²) >= 11 is 0. The van der Waals surface area contributed by atoms with Crippen molar-refractivity contribution in [2.45, 2.75) is 6.04 Å². The molecular formula is C9H10FNO4. The maximum absolute atomic E-state index is 13.0. The number of carboxylic acid groups (broad SMARTS) is 1. The second-order valence-electron chi connectivity index (χ2n) is 2.99. The first-order valence-electron chi connectivity index (χ1n) is 4.09. The highest BCUT2D eigenvalue weighted by Gasteiger charge is 2.19. The summed E-state index contributed by atoms with van der Waals surface area (Å²) in [5.74, 6) is -2.91. The summed E-state index contributed by atoms with van der Waals surface area (Å²) in [4.78, 5) is 10.6. The third-order valence-electron chi connectivity index (χ3n) is 1.93. The van der Waals surface area contributed by atoms with Crippen LogP contribution in [0, 0.1) is 5.82 Å². The van der Waals surface area contributed by atoms with Crippen LogP contribution in [-0.4, -0.2) is 27.9 Å². The number of benzene rings is 1. The molecule has 6 heteroatoms. The first-order valence-corrected chi connectivity index (χ1v) is 4.09. The molecular weight excluding hydrogens is 205 g/mol. The van der Waals surface area contributed by atoms with Gasteiger partial charge in [0.2, 0.25) is 0 Å². The number of aromatic carboxylic acids is 1. The van der Waals surface area contributed by atoms with Crippen molar-refractivity contribution in [1.29, 1.82) is 0 Å². The van der Waals surface area contributed by atoms with Gasteiger partial charge in [-0.2, -0.15) is 0 Å². The van der Waals surface area contributed by atoms with E-state index < -0.39 is 35.7 Å². The fraction of sp³-hybridized carbons (Fsp3) is 0.222. The Morgan fingerprint density at radius 1 is 1.53 bits per heavy atom. The van der Waals surface area contributed by atoms with Gasteiger partial charge in [0, 0.05) is 5.56 Å². The number of carboxylic acids is 1. The van der Waals surface area contributed by atoms with Crippen LogP contribution in [0.4, 0.5) is 4.39 Å². The van der Waals surface area contributed by atoms with Crippen LogP contribution in [-0.2, 0) is 0 Å². The van der Waals surface area contributed by atoms with E-state index in [2.05, 4.69) is 0 Å². The minimum atomic E-state index is -1.46. The van der Waals surface area contributed by atoms with Crippen molar-refractivity contribution in [1.82, 2.24) is 0 Å². The third kappa shape index (κ3) is 2.23. The number of nitrogens with two attached hydrogens (primary N) is 1. The molecule has 0 bridgehead atoms. The molecule has 82 valence electrons. The number of aliphatic hydroxyl groups is 1. The van der Waals surface area contributed by atoms with E-state index in [1.807, 2.05) is 0 Å². The lowest BCUT2D eigenvalue weighted by atomic mass is 10.0. The van der Waals surface area contributed by atoms with Crippen molar-refractivity contribution in [2.24, 2.45) is 5.73 Å². The van der Waals surface area contributed by atoms with Crippen LogP contribution < -0.4 is 5.73 Å². The van der Waals surface area contributed by atoms with Crippen molar-refractivity contribution in [3.05, 3.63) is 29.1 Å². The van der Waals surface area contributed by atoms with Crippen molar-refractivity contribution in [3.8, 4) is 5.75 Å². The Hall–Kier alpha value is -1.66. The molecule has 1 aromatic rings. The monoisotopic (exact) mass is 215 g/mol. The van der Waals surface area contributed by atoms with E-state index in [1.165, 1.54) is 0 Å². The summed E-state index contributed by atoms with van der Waals surface area (Å²) in [6, 6.07) is 0.562. The number of carbonyl (C=O) groups is 1. The molecule has 0 spiro atoms. The number of halogens is 1. The number of phenols is 1. The molecule has 1 rings (SSSR count). The maximum atomic E-state index is 13.0. The molecule has 0 fully saturated rings. The number of hydrogen-bond acceptors (Lipinski definition) is 4. The Balaban J connectivity index is 3.34. The standard InChI is InChI=1S/C9H10FNO4/c10-4-1-5(7(11)3-12)8(13)6(2-4)9(14)15/h1-2,7,12-13H,3,11H2,(H,14,15)/t7-/m0/s1. The summed E-state index contributed by atoms with van der Waals surface area (Å²) in [5.41, 5.74) is 4.66. The summed E-state index contributed by atoms with van der Waals surface area (Å²) in [6.45, 7) is -0.518. The lowest BCUT2D eigenvalue weighted by Crippen LogP contribution is -2.16. The van der Waals surface area contributed by atoms with E-state index in [4.69, 9.17) is 15.9 Å². The Labute approximate surface area is 84.6 Å². The van der Waals surface area contributed by atoms with Gasteiger partial charge in [0.05, 0.1) is 12.6 Å². The maximum Gasteiger partial charge on any atom is 0.339 e. The molecule has 5 N–H and O–H groups in total. The summed E-state index contributed by atoms with van der Waals surface area (Å²) in [6.07, 6.45) is 0. The van der Waals surface area contributed by atoms with Crippen molar-refractivity contribution in [2.75, 3.05) is 6.61 Å². The lowest BCUT2D eigenvalue weighted by molar-refractivity contribution is 0.0692. The quantitative estimate of drug-likeness (QED) is 0.577. The first-order chi connectivity index (χ1) is 6.97. The smallest absolute Gasteiger partial charge is 0.339 e. The van der Waals surface area contributed by atoms with Gasteiger partial charge in [0.25, 0.3) is 0 Å². The number of aliphatic hydroxyl groups excluding tert-OH is 1. The third-order valence-corrected chi connectivity index (χ3v) is 1.93. The molecule has 0 saturated heterocycles. The minimum absolute atomic E-state index is 0.130. The lowest BCUT2D eigenvalue weighted by Gasteiger charge is -2.12. The van der Waals surface area contributed by atoms with Crippen LogP contribution in [0.3, 0.4) is 0 Å². The zero-order valence-corrected chi connectivity index (χ0v) is 7.64. The topological polar surface area (TPSA) is 104 Å². The molecule has 1 atom stereocenters. The second kappa shape index (κ2) is 4.24. The van der Waals surface area contributed by atoms with Gasteiger partial charge in [-0.1, -0.05) is 0 Å². The summed E-state index contributed by atoms with van der Waals surface area (Å²) < 4.78 is 13.0. The van der Waals surface area contributed by atoms with Gasteiger partial charge in [0.1, 0.15) is 17.1 Å². The molecule has 0 heterocycles. The number of hydrogen-bond donors (Lipinski definition) is 4. The van der Waals surface area contributed by atoms with Gasteiger partial charge in [-0.15, -0.1) is 0 Å². The van der Waals surface area contributed by atoms with E-state index in [1.54, 1.807) is 0 Å². The molecule has 0 aliphatic rings. The fourth-order valence-electron chi connectivity index (χ4n) is 1.16. The minimum Gasteiger partial charge on any atom is -0.507 e. The van der Waals surface area contributed by atoms with Crippen LogP contribution in [0.5, 0.6) is 5.75 Å². The van der Waals surface area contributed by atoms with Crippen LogP contribution in [0.15, 0.2) is 12.1 Å². The highest BCUT2D eigenvalue weighted by molar-refractivity contribution is 5.91. The Morgan fingerprint density at radius 2 is 2.13 bits per heavy atom. The molecule has 0 saturated carbocycles. The van der Waals surface area contributed by atoms with Crippen molar-refractivity contribution in [3.63, 3.8) is 0 Å². The normalized spacial score (nSPS) is 12.5. The van der Waals surface area contributed by atoms with Gasteiger partial charge in [-0.3, -0.25) is 0 Å². The Bertz CT molecular complexity index is 394. The predicted molar refractivity (Wildman–Crippen MR) is 49.0 cm³/mol. The van der Waals surface area contributed by atoms with Crippen LogP contribution in [0.2, 0.25) is 0 Å². The zero-order chi connectivity index (χ0) is 11.6. The van der Waals surface area contributed by atoms with Crippen molar-refractivity contribution >= 4 is 5.97 Å². The zero-order valence-electron chi connectivity index (χ0n) is 7.64. The highest BCUT2D eigenvalue weighted by atomic mass is 19.1. The largest absolute Gasteiger partial charge is 0.507 e. The van der Waals surface area contributed by atoms with Gasteiger partial charge < -0.3 is 21.1 Å². The van der Waals surface area contributed by atoms with Gasteiger partial charge >= 0.3 is 5.97 Å². The molecule has 15 heavy (non-hydrogen) atoms. The van der Waals surface area contributed by atoms with E-state index in [0.717, 1.165) is 6.07 Å². The van der Waals surface area contributed by atoms with E-state index >= 15 is 0 Å². The number of aromatic hydroxyl groups is 1. The summed E-state index contributed by atoms with van der Waals surface area (Å²) in [5, 5.41) is 26.8. The summed E-state index contributed by atoms with van der Waals surface area (Å²) in [7, 11) is 0. The van der Waals surface area contributed by atoms with Gasteiger partial charge in [-0.25, -0.2) is 9.18 Å². The van der Waals surface area contributed by atoms with Crippen LogP contribution >= 0.6 is 0 Å².